The molecule has 1 aromatic carbocycles. The number of carbonyl (C=O) groups excluding carboxylic acids is 4. The molecule has 0 aliphatic carbocycles. The number of likely N-dealkylation sites (tertiary alicyclic amines) is 1. The van der Waals surface area contributed by atoms with Gasteiger partial charge in [0.15, 0.2) is 0 Å². The number of methoxy groups -OCH3 is 1. The summed E-state index contributed by atoms with van der Waals surface area (Å²) in [6, 6.07) is 5.02. The second-order valence-electron chi connectivity index (χ2n) is 6.85. The molecule has 1 aromatic rings. The zero-order chi connectivity index (χ0) is 20.3. The number of imide groups is 1. The molecule has 9 heteroatoms. The van der Waals surface area contributed by atoms with E-state index in [4.69, 9.17) is 4.74 Å². The van der Waals surface area contributed by atoms with Gasteiger partial charge >= 0.3 is 6.09 Å². The summed E-state index contributed by atoms with van der Waals surface area (Å²) in [7, 11) is 1.35. The maximum atomic E-state index is 12.4. The van der Waals surface area contributed by atoms with Gasteiger partial charge in [0.05, 0.1) is 18.2 Å². The number of nitrogens with zero attached hydrogens (tertiary/aromatic N) is 2. The van der Waals surface area contributed by atoms with Crippen molar-refractivity contribution >= 4 is 39.7 Å². The topological polar surface area (TPSA) is 96.0 Å². The van der Waals surface area contributed by atoms with E-state index in [9.17, 15) is 19.2 Å². The maximum Gasteiger partial charge on any atom is 0.409 e. The van der Waals surface area contributed by atoms with E-state index >= 15 is 0 Å². The highest BCUT2D eigenvalue weighted by molar-refractivity contribution is 9.10. The second-order valence-corrected chi connectivity index (χ2v) is 7.77. The van der Waals surface area contributed by atoms with Crippen LogP contribution >= 0.6 is 15.9 Å². The van der Waals surface area contributed by atoms with Gasteiger partial charge in [-0.2, -0.15) is 0 Å². The lowest BCUT2D eigenvalue weighted by Crippen LogP contribution is -2.46. The van der Waals surface area contributed by atoms with Crippen molar-refractivity contribution in [2.24, 2.45) is 0 Å². The van der Waals surface area contributed by atoms with Crippen LogP contribution in [0.1, 0.15) is 46.4 Å². The number of fused-ring (bicyclic) bond motifs is 1. The predicted molar refractivity (Wildman–Crippen MR) is 104 cm³/mol. The quantitative estimate of drug-likeness (QED) is 0.691. The molecule has 4 amide bonds. The summed E-state index contributed by atoms with van der Waals surface area (Å²) in [5.74, 6) is -0.754. The monoisotopic (exact) mass is 451 g/mol. The Morgan fingerprint density at radius 1 is 1.18 bits per heavy atom. The van der Waals surface area contributed by atoms with Crippen molar-refractivity contribution in [1.82, 2.24) is 15.1 Å². The molecular weight excluding hydrogens is 430 g/mol. The fourth-order valence-electron chi connectivity index (χ4n) is 3.50. The van der Waals surface area contributed by atoms with E-state index in [1.54, 1.807) is 23.1 Å². The molecule has 0 aromatic heterocycles. The lowest BCUT2D eigenvalue weighted by Gasteiger charge is -2.31. The van der Waals surface area contributed by atoms with E-state index in [0.717, 1.165) is 4.47 Å². The van der Waals surface area contributed by atoms with Crippen LogP contribution in [0, 0.1) is 0 Å². The smallest absolute Gasteiger partial charge is 0.409 e. The number of benzene rings is 1. The van der Waals surface area contributed by atoms with Crippen molar-refractivity contribution in [2.75, 3.05) is 26.7 Å². The van der Waals surface area contributed by atoms with Gasteiger partial charge in [-0.15, -0.1) is 0 Å². The minimum Gasteiger partial charge on any atom is -0.453 e. The Morgan fingerprint density at radius 3 is 2.54 bits per heavy atom. The molecule has 2 aliphatic heterocycles. The maximum absolute atomic E-state index is 12.4. The molecule has 0 spiro atoms. The van der Waals surface area contributed by atoms with Gasteiger partial charge in [0.2, 0.25) is 5.91 Å². The minimum atomic E-state index is -0.349. The Morgan fingerprint density at radius 2 is 1.86 bits per heavy atom. The van der Waals surface area contributed by atoms with E-state index in [1.807, 2.05) is 0 Å². The molecule has 0 radical (unpaired) electrons. The predicted octanol–water partition coefficient (Wildman–Crippen LogP) is 2.17. The zero-order valence-corrected chi connectivity index (χ0v) is 17.2. The third-order valence-electron chi connectivity index (χ3n) is 5.01. The number of amides is 4. The van der Waals surface area contributed by atoms with Crippen molar-refractivity contribution in [3.63, 3.8) is 0 Å². The lowest BCUT2D eigenvalue weighted by atomic mass is 10.1. The zero-order valence-electron chi connectivity index (χ0n) is 15.6. The molecule has 1 saturated heterocycles. The van der Waals surface area contributed by atoms with Gasteiger partial charge in [0.25, 0.3) is 11.8 Å². The highest BCUT2D eigenvalue weighted by Gasteiger charge is 2.35. The molecule has 1 fully saturated rings. The van der Waals surface area contributed by atoms with Crippen molar-refractivity contribution in [3.8, 4) is 0 Å². The highest BCUT2D eigenvalue weighted by atomic mass is 79.9. The molecule has 1 N–H and O–H groups in total. The van der Waals surface area contributed by atoms with Crippen molar-refractivity contribution in [2.45, 2.75) is 31.7 Å². The summed E-state index contributed by atoms with van der Waals surface area (Å²) in [5.41, 5.74) is 0.788. The summed E-state index contributed by atoms with van der Waals surface area (Å²) in [6.45, 7) is 1.29. The van der Waals surface area contributed by atoms with Gasteiger partial charge in [-0.3, -0.25) is 19.3 Å². The molecule has 0 unspecified atom stereocenters. The molecule has 28 heavy (non-hydrogen) atoms. The third-order valence-corrected chi connectivity index (χ3v) is 5.50. The fourth-order valence-corrected chi connectivity index (χ4v) is 3.86. The molecule has 0 atom stereocenters. The van der Waals surface area contributed by atoms with E-state index in [2.05, 4.69) is 21.2 Å². The summed E-state index contributed by atoms with van der Waals surface area (Å²) >= 11 is 3.30. The van der Waals surface area contributed by atoms with Crippen LogP contribution in [0.4, 0.5) is 4.79 Å². The third kappa shape index (κ3) is 4.35. The Bertz CT molecular complexity index is 805. The van der Waals surface area contributed by atoms with Gasteiger partial charge in [-0.25, -0.2) is 4.79 Å². The first kappa shape index (κ1) is 20.3. The van der Waals surface area contributed by atoms with Crippen LogP contribution in [0.2, 0.25) is 0 Å². The fraction of sp³-hybridized carbons (Fsp3) is 0.474. The summed E-state index contributed by atoms with van der Waals surface area (Å²) < 4.78 is 5.43. The molecule has 0 saturated carbocycles. The summed E-state index contributed by atoms with van der Waals surface area (Å²) in [5, 5.41) is 2.96. The van der Waals surface area contributed by atoms with Crippen LogP contribution in [0.5, 0.6) is 0 Å². The molecule has 3 rings (SSSR count). The number of nitrogens with one attached hydrogen (secondary N) is 1. The van der Waals surface area contributed by atoms with E-state index in [1.165, 1.54) is 12.0 Å². The number of rotatable bonds is 5. The van der Waals surface area contributed by atoms with Crippen LogP contribution in [0.3, 0.4) is 0 Å². The Balaban J connectivity index is 1.42. The van der Waals surface area contributed by atoms with Crippen molar-refractivity contribution < 1.29 is 23.9 Å². The Labute approximate surface area is 171 Å². The second kappa shape index (κ2) is 8.72. The largest absolute Gasteiger partial charge is 0.453 e. The van der Waals surface area contributed by atoms with Crippen molar-refractivity contribution in [3.05, 3.63) is 33.8 Å². The highest BCUT2D eigenvalue weighted by Crippen LogP contribution is 2.26. The number of hydrogen-bond donors (Lipinski definition) is 1. The van der Waals surface area contributed by atoms with Crippen LogP contribution in [-0.2, 0) is 9.53 Å². The first-order chi connectivity index (χ1) is 13.4. The molecule has 0 bridgehead atoms. The van der Waals surface area contributed by atoms with Crippen LogP contribution in [0.25, 0.3) is 0 Å². The first-order valence-corrected chi connectivity index (χ1v) is 9.98. The van der Waals surface area contributed by atoms with Gasteiger partial charge in [-0.05, 0) is 37.5 Å². The average Bonchev–Trinajstić information content (AvgIpc) is 2.92. The number of piperidine rings is 1. The standard InChI is InChI=1S/C19H22BrN3O5/c1-28-19(27)22-9-6-13(7-10-22)21-16(24)3-2-8-23-17(25)14-5-4-12(20)11-15(14)18(23)26/h4-5,11,13H,2-3,6-10H2,1H3,(H,21,24). The Hall–Kier alpha value is -2.42. The Kier molecular flexibility index (Phi) is 6.33. The SMILES string of the molecule is COC(=O)N1CCC(NC(=O)CCCN2C(=O)c3ccc(Br)cc3C2=O)CC1. The minimum absolute atomic E-state index is 0.0186. The normalized spacial score (nSPS) is 16.9. The van der Waals surface area contributed by atoms with Crippen molar-refractivity contribution in [1.29, 1.82) is 0 Å². The summed E-state index contributed by atoms with van der Waals surface area (Å²) in [4.78, 5) is 51.2. The van der Waals surface area contributed by atoms with Crippen LogP contribution in [0.15, 0.2) is 22.7 Å². The number of halogens is 1. The number of hydrogen-bond acceptors (Lipinski definition) is 5. The molecular formula is C19H22BrN3O5. The van der Waals surface area contributed by atoms with Gasteiger partial charge < -0.3 is 15.0 Å². The molecule has 150 valence electrons. The lowest BCUT2D eigenvalue weighted by molar-refractivity contribution is -0.122. The molecule has 2 aliphatic rings. The summed E-state index contributed by atoms with van der Waals surface area (Å²) in [6.07, 6.45) is 1.63. The van der Waals surface area contributed by atoms with Gasteiger partial charge in [-0.1, -0.05) is 15.9 Å². The molecule has 2 heterocycles. The molecule has 8 nitrogen and oxygen atoms in total. The van der Waals surface area contributed by atoms with Gasteiger partial charge in [0.1, 0.15) is 0 Å². The van der Waals surface area contributed by atoms with E-state index < -0.39 is 0 Å². The number of carbonyl (C=O) groups is 4. The average molecular weight is 452 g/mol. The van der Waals surface area contributed by atoms with Gasteiger partial charge in [0, 0.05) is 36.6 Å². The van der Waals surface area contributed by atoms with E-state index in [-0.39, 0.29) is 42.8 Å². The van der Waals surface area contributed by atoms with Crippen LogP contribution < -0.4 is 5.32 Å². The number of ether oxygens (including phenoxy) is 1. The first-order valence-electron chi connectivity index (χ1n) is 9.18. The van der Waals surface area contributed by atoms with E-state index in [0.29, 0.717) is 43.5 Å². The van der Waals surface area contributed by atoms with Crippen LogP contribution in [-0.4, -0.2) is 66.4 Å².